The van der Waals surface area contributed by atoms with Crippen LogP contribution in [0.2, 0.25) is 0 Å². The zero-order valence-corrected chi connectivity index (χ0v) is 12.9. The van der Waals surface area contributed by atoms with Crippen LogP contribution in [0.1, 0.15) is 44.7 Å². The van der Waals surface area contributed by atoms with Crippen LogP contribution in [-0.4, -0.2) is 23.5 Å². The quantitative estimate of drug-likeness (QED) is 0.922. The van der Waals surface area contributed by atoms with E-state index in [9.17, 15) is 0 Å². The van der Waals surface area contributed by atoms with Gasteiger partial charge in [-0.2, -0.15) is 0 Å². The highest BCUT2D eigenvalue weighted by Crippen LogP contribution is 2.30. The van der Waals surface area contributed by atoms with E-state index in [-0.39, 0.29) is 6.04 Å². The van der Waals surface area contributed by atoms with Crippen LogP contribution in [0, 0.1) is 0 Å². The molecule has 100 valence electrons. The van der Waals surface area contributed by atoms with E-state index in [2.05, 4.69) is 58.9 Å². The summed E-state index contributed by atoms with van der Waals surface area (Å²) in [4.78, 5) is 2.58. The number of nitrogens with zero attached hydrogens (tertiary/aromatic N) is 1. The molecule has 0 bridgehead atoms. The van der Waals surface area contributed by atoms with E-state index in [0.717, 1.165) is 4.47 Å². The van der Waals surface area contributed by atoms with E-state index in [1.54, 1.807) is 0 Å². The van der Waals surface area contributed by atoms with Gasteiger partial charge in [0.2, 0.25) is 0 Å². The van der Waals surface area contributed by atoms with Gasteiger partial charge in [-0.3, -0.25) is 4.90 Å². The SMILES string of the molecule is CC(N)C1CCCCN1C(C)c1cccc(Br)c1. The number of rotatable bonds is 3. The summed E-state index contributed by atoms with van der Waals surface area (Å²) in [5.74, 6) is 0. The average molecular weight is 311 g/mol. The van der Waals surface area contributed by atoms with Gasteiger partial charge in [-0.1, -0.05) is 34.5 Å². The molecular weight excluding hydrogens is 288 g/mol. The van der Waals surface area contributed by atoms with Crippen LogP contribution in [-0.2, 0) is 0 Å². The molecule has 2 N–H and O–H groups in total. The summed E-state index contributed by atoms with van der Waals surface area (Å²) in [6.07, 6.45) is 3.84. The molecule has 1 aliphatic heterocycles. The number of nitrogens with two attached hydrogens (primary N) is 1. The molecule has 1 saturated heterocycles. The van der Waals surface area contributed by atoms with Gasteiger partial charge in [-0.15, -0.1) is 0 Å². The Bertz CT molecular complexity index is 392. The van der Waals surface area contributed by atoms with Crippen molar-refractivity contribution in [3.63, 3.8) is 0 Å². The number of piperidine rings is 1. The minimum atomic E-state index is 0.250. The Labute approximate surface area is 119 Å². The van der Waals surface area contributed by atoms with E-state index in [4.69, 9.17) is 5.73 Å². The van der Waals surface area contributed by atoms with Crippen molar-refractivity contribution in [1.82, 2.24) is 4.90 Å². The molecule has 1 aromatic carbocycles. The lowest BCUT2D eigenvalue weighted by molar-refractivity contribution is 0.0890. The molecule has 0 spiro atoms. The summed E-state index contributed by atoms with van der Waals surface area (Å²) in [5, 5.41) is 0. The second-order valence-corrected chi connectivity index (χ2v) is 6.31. The van der Waals surface area contributed by atoms with Crippen molar-refractivity contribution in [3.05, 3.63) is 34.3 Å². The second kappa shape index (κ2) is 6.18. The van der Waals surface area contributed by atoms with Crippen LogP contribution in [0.5, 0.6) is 0 Å². The summed E-state index contributed by atoms with van der Waals surface area (Å²) in [7, 11) is 0. The summed E-state index contributed by atoms with van der Waals surface area (Å²) >= 11 is 3.56. The highest BCUT2D eigenvalue weighted by Gasteiger charge is 2.29. The normalized spacial score (nSPS) is 24.8. The largest absolute Gasteiger partial charge is 0.327 e. The fourth-order valence-corrected chi connectivity index (χ4v) is 3.40. The van der Waals surface area contributed by atoms with E-state index in [1.165, 1.54) is 31.4 Å². The molecule has 1 aromatic rings. The van der Waals surface area contributed by atoms with Crippen LogP contribution in [0.4, 0.5) is 0 Å². The third-order valence-corrected chi connectivity index (χ3v) is 4.52. The molecule has 2 rings (SSSR count). The molecule has 0 amide bonds. The monoisotopic (exact) mass is 310 g/mol. The smallest absolute Gasteiger partial charge is 0.0323 e. The van der Waals surface area contributed by atoms with Gasteiger partial charge >= 0.3 is 0 Å². The minimum absolute atomic E-state index is 0.250. The first kappa shape index (κ1) is 14.0. The summed E-state index contributed by atoms with van der Waals surface area (Å²) in [5.41, 5.74) is 7.52. The third kappa shape index (κ3) is 3.14. The van der Waals surface area contributed by atoms with Crippen molar-refractivity contribution in [3.8, 4) is 0 Å². The standard InChI is InChI=1S/C15H23BrN2/c1-11(17)15-8-3-4-9-18(15)12(2)13-6-5-7-14(16)10-13/h5-7,10-12,15H,3-4,8-9,17H2,1-2H3. The maximum Gasteiger partial charge on any atom is 0.0323 e. The van der Waals surface area contributed by atoms with Gasteiger partial charge in [-0.05, 0) is 50.9 Å². The summed E-state index contributed by atoms with van der Waals surface area (Å²) in [6, 6.07) is 9.84. The van der Waals surface area contributed by atoms with Gasteiger partial charge in [0.15, 0.2) is 0 Å². The maximum atomic E-state index is 6.15. The van der Waals surface area contributed by atoms with Gasteiger partial charge in [0.25, 0.3) is 0 Å². The molecule has 0 aliphatic carbocycles. The highest BCUT2D eigenvalue weighted by atomic mass is 79.9. The molecular formula is C15H23BrN2. The van der Waals surface area contributed by atoms with Crippen molar-refractivity contribution in [2.75, 3.05) is 6.54 Å². The zero-order chi connectivity index (χ0) is 13.1. The number of hydrogen-bond acceptors (Lipinski definition) is 2. The van der Waals surface area contributed by atoms with Crippen LogP contribution in [0.15, 0.2) is 28.7 Å². The van der Waals surface area contributed by atoms with Crippen molar-refractivity contribution in [2.45, 2.75) is 51.2 Å². The Balaban J connectivity index is 2.18. The average Bonchev–Trinajstić information content (AvgIpc) is 2.38. The van der Waals surface area contributed by atoms with Gasteiger partial charge in [-0.25, -0.2) is 0 Å². The van der Waals surface area contributed by atoms with Crippen molar-refractivity contribution < 1.29 is 0 Å². The molecule has 18 heavy (non-hydrogen) atoms. The Kier molecular flexibility index (Phi) is 4.82. The molecule has 1 aliphatic rings. The van der Waals surface area contributed by atoms with E-state index < -0.39 is 0 Å². The Hall–Kier alpha value is -0.380. The van der Waals surface area contributed by atoms with Crippen molar-refractivity contribution in [1.29, 1.82) is 0 Å². The molecule has 0 aromatic heterocycles. The van der Waals surface area contributed by atoms with Crippen LogP contribution >= 0.6 is 15.9 Å². The second-order valence-electron chi connectivity index (χ2n) is 5.39. The Morgan fingerprint density at radius 1 is 1.33 bits per heavy atom. The highest BCUT2D eigenvalue weighted by molar-refractivity contribution is 9.10. The lowest BCUT2D eigenvalue weighted by Gasteiger charge is -2.42. The van der Waals surface area contributed by atoms with E-state index in [0.29, 0.717) is 12.1 Å². The van der Waals surface area contributed by atoms with Crippen LogP contribution in [0.3, 0.4) is 0 Å². The maximum absolute atomic E-state index is 6.15. The molecule has 1 fully saturated rings. The van der Waals surface area contributed by atoms with E-state index >= 15 is 0 Å². The minimum Gasteiger partial charge on any atom is -0.327 e. The summed E-state index contributed by atoms with van der Waals surface area (Å²) < 4.78 is 1.15. The first-order valence-electron chi connectivity index (χ1n) is 6.86. The Morgan fingerprint density at radius 2 is 2.11 bits per heavy atom. The molecule has 1 heterocycles. The number of likely N-dealkylation sites (tertiary alicyclic amines) is 1. The van der Waals surface area contributed by atoms with Gasteiger partial charge < -0.3 is 5.73 Å². The van der Waals surface area contributed by atoms with Crippen molar-refractivity contribution >= 4 is 15.9 Å². The number of halogens is 1. The molecule has 3 heteroatoms. The number of hydrogen-bond donors (Lipinski definition) is 1. The molecule has 2 nitrogen and oxygen atoms in total. The first-order chi connectivity index (χ1) is 8.59. The van der Waals surface area contributed by atoms with Gasteiger partial charge in [0, 0.05) is 22.6 Å². The first-order valence-corrected chi connectivity index (χ1v) is 7.65. The van der Waals surface area contributed by atoms with Crippen LogP contribution in [0.25, 0.3) is 0 Å². The summed E-state index contributed by atoms with van der Waals surface area (Å²) in [6.45, 7) is 5.60. The van der Waals surface area contributed by atoms with Crippen LogP contribution < -0.4 is 5.73 Å². The zero-order valence-electron chi connectivity index (χ0n) is 11.3. The topological polar surface area (TPSA) is 29.3 Å². The van der Waals surface area contributed by atoms with E-state index in [1.807, 2.05) is 0 Å². The fourth-order valence-electron chi connectivity index (χ4n) is 2.98. The molecule has 3 unspecified atom stereocenters. The molecule has 3 atom stereocenters. The lowest BCUT2D eigenvalue weighted by Crippen LogP contribution is -2.49. The fraction of sp³-hybridized carbons (Fsp3) is 0.600. The number of benzene rings is 1. The third-order valence-electron chi connectivity index (χ3n) is 4.03. The van der Waals surface area contributed by atoms with Crippen molar-refractivity contribution in [2.24, 2.45) is 5.73 Å². The Morgan fingerprint density at radius 3 is 2.78 bits per heavy atom. The predicted molar refractivity (Wildman–Crippen MR) is 80.6 cm³/mol. The molecule has 0 saturated carbocycles. The lowest BCUT2D eigenvalue weighted by atomic mass is 9.93. The van der Waals surface area contributed by atoms with Gasteiger partial charge in [0.05, 0.1) is 0 Å². The predicted octanol–water partition coefficient (Wildman–Crippen LogP) is 3.71. The molecule has 0 radical (unpaired) electrons. The van der Waals surface area contributed by atoms with Gasteiger partial charge in [0.1, 0.15) is 0 Å².